The number of methoxy groups -OCH3 is 1. The first-order valence-electron chi connectivity index (χ1n) is 14.9. The van der Waals surface area contributed by atoms with Crippen LogP contribution >= 0.6 is 34.4 Å². The first-order valence-corrected chi connectivity index (χ1v) is 20.6. The van der Waals surface area contributed by atoms with Crippen LogP contribution in [0.5, 0.6) is 5.75 Å². The van der Waals surface area contributed by atoms with Gasteiger partial charge in [0.25, 0.3) is 15.1 Å². The minimum Gasteiger partial charge on any atom is -0.496 e. The number of nitrogens with zero attached hydrogens (tertiary/aromatic N) is 2. The number of quaternary nitrogens is 2. The number of benzene rings is 2. The van der Waals surface area contributed by atoms with Gasteiger partial charge < -0.3 is 4.74 Å². The van der Waals surface area contributed by atoms with E-state index in [2.05, 4.69) is 22.8 Å². The molecule has 0 saturated carbocycles. The summed E-state index contributed by atoms with van der Waals surface area (Å²) in [5.41, 5.74) is 2.07. The summed E-state index contributed by atoms with van der Waals surface area (Å²) in [5, 5.41) is 4.91. The van der Waals surface area contributed by atoms with Gasteiger partial charge in [-0.1, -0.05) is 32.3 Å². The normalized spacial score (nSPS) is 16.6. The molecule has 1 radical (unpaired) electrons. The third-order valence-electron chi connectivity index (χ3n) is 8.19. The molecule has 3 heterocycles. The van der Waals surface area contributed by atoms with Gasteiger partial charge in [-0.15, -0.1) is 11.3 Å². The molecule has 1 N–H and O–H groups in total. The van der Waals surface area contributed by atoms with E-state index in [-0.39, 0.29) is 16.8 Å². The van der Waals surface area contributed by atoms with E-state index in [4.69, 9.17) is 9.02 Å². The van der Waals surface area contributed by atoms with Crippen molar-refractivity contribution in [1.82, 2.24) is 0 Å². The summed E-state index contributed by atoms with van der Waals surface area (Å²) in [6.45, 7) is 8.41. The highest BCUT2D eigenvalue weighted by Crippen LogP contribution is 2.40. The number of hydrogen-bond acceptors (Lipinski definition) is 9. The lowest BCUT2D eigenvalue weighted by atomic mass is 10.2. The van der Waals surface area contributed by atoms with Gasteiger partial charge in [0, 0.05) is 30.4 Å². The van der Waals surface area contributed by atoms with Gasteiger partial charge in [-0.25, -0.2) is 0 Å². The van der Waals surface area contributed by atoms with Crippen LogP contribution in [0.4, 0.5) is 5.69 Å². The number of hydrogen-bond donors (Lipinski definition) is 1. The second-order valence-corrected chi connectivity index (χ2v) is 17.1. The van der Waals surface area contributed by atoms with Crippen molar-refractivity contribution in [3.63, 3.8) is 0 Å². The van der Waals surface area contributed by atoms with Crippen LogP contribution in [-0.2, 0) is 35.6 Å². The Balaban J connectivity index is 1.50. The van der Waals surface area contributed by atoms with Gasteiger partial charge in [-0.05, 0) is 50.0 Å². The van der Waals surface area contributed by atoms with Gasteiger partial charge in [0.15, 0.2) is 17.3 Å². The molecule has 0 amide bonds. The first-order chi connectivity index (χ1) is 21.4. The number of thioether (sulfide) groups is 1. The van der Waals surface area contributed by atoms with Crippen LogP contribution in [0.3, 0.4) is 0 Å². The minimum atomic E-state index is -4.35. The fourth-order valence-corrected chi connectivity index (χ4v) is 11.0. The lowest BCUT2D eigenvalue weighted by molar-refractivity contribution is -1.08. The predicted octanol–water partition coefficient (Wildman–Crippen LogP) is 4.71. The lowest BCUT2D eigenvalue weighted by Gasteiger charge is -2.30. The molecular formula is C30H39N3O7S5+3. The highest BCUT2D eigenvalue weighted by atomic mass is 32.2. The summed E-state index contributed by atoms with van der Waals surface area (Å²) in [6.07, 6.45) is 2.70. The maximum atomic E-state index is 13.0. The van der Waals surface area contributed by atoms with E-state index in [0.29, 0.717) is 39.1 Å². The molecule has 2 aromatic carbocycles. The zero-order valence-electron chi connectivity index (χ0n) is 25.8. The quantitative estimate of drug-likeness (QED) is 0.108. The number of ether oxygens (including phenoxy) is 1. The molecule has 45 heavy (non-hydrogen) atoms. The second-order valence-electron chi connectivity index (χ2n) is 10.8. The van der Waals surface area contributed by atoms with E-state index in [0.717, 1.165) is 51.6 Å². The molecule has 243 valence electrons. The average molecular weight is 714 g/mol. The van der Waals surface area contributed by atoms with Gasteiger partial charge in [0.05, 0.1) is 36.1 Å². The van der Waals surface area contributed by atoms with E-state index in [1.165, 1.54) is 0 Å². The standard InChI is InChI=1S/C30H38N3O7S5/c1-5-33(6-2,7-3)40-45(37,38)19-11-15-31-23-12-8-9-13-25(23)42-27(31)21-28-32(16-10-18-44(34,35)36)29-26(43-28)20-24(39-4)22-14-17-41-30(22)29/h8-9,12-14,17,20-21H,5-7,10-11,15-16,18-19H2,1-4H3/q+2/p+1. The van der Waals surface area contributed by atoms with Crippen molar-refractivity contribution in [2.75, 3.05) is 44.8 Å². The summed E-state index contributed by atoms with van der Waals surface area (Å²) in [4.78, 5) is 2.17. The number of rotatable bonds is 15. The fraction of sp³-hybridized carbons (Fsp3) is 0.433. The molecule has 15 heteroatoms. The number of aromatic nitrogens is 1. The van der Waals surface area contributed by atoms with E-state index >= 15 is 0 Å². The zero-order chi connectivity index (χ0) is 32.4. The lowest BCUT2D eigenvalue weighted by Crippen LogP contribution is -3.03. The summed E-state index contributed by atoms with van der Waals surface area (Å²) in [6, 6.07) is 12.1. The van der Waals surface area contributed by atoms with Crippen LogP contribution in [-0.4, -0.2) is 66.3 Å². The third kappa shape index (κ3) is 7.57. The molecule has 10 nitrogen and oxygen atoms in total. The van der Waals surface area contributed by atoms with E-state index in [1.54, 1.807) is 41.5 Å². The Labute approximate surface area is 277 Å². The van der Waals surface area contributed by atoms with Gasteiger partial charge in [0.2, 0.25) is 5.52 Å². The van der Waals surface area contributed by atoms with Crippen molar-refractivity contribution in [3.8, 4) is 5.75 Å². The van der Waals surface area contributed by atoms with Gasteiger partial charge in [-0.2, -0.15) is 26.0 Å². The first kappa shape index (κ1) is 34.3. The second kappa shape index (κ2) is 14.0. The Morgan fingerprint density at radius 1 is 1.00 bits per heavy atom. The summed E-state index contributed by atoms with van der Waals surface area (Å²) in [5.74, 6) is 0.238. The van der Waals surface area contributed by atoms with Crippen LogP contribution < -0.4 is 14.2 Å². The number of thiazole rings is 1. The van der Waals surface area contributed by atoms with Crippen molar-refractivity contribution in [2.24, 2.45) is 0 Å². The number of thiophene rings is 1. The van der Waals surface area contributed by atoms with Crippen LogP contribution in [0.2, 0.25) is 0 Å². The largest absolute Gasteiger partial charge is 0.496 e. The molecule has 0 saturated heterocycles. The topological polar surface area (TPSA) is 115 Å². The molecule has 0 aliphatic carbocycles. The van der Waals surface area contributed by atoms with Gasteiger partial charge >= 0.3 is 10.1 Å². The molecule has 0 bridgehead atoms. The molecule has 5 rings (SSSR count). The molecule has 0 fully saturated rings. The highest BCUT2D eigenvalue weighted by molar-refractivity contribution is 8.03. The number of aryl methyl sites for hydroxylation is 1. The van der Waals surface area contributed by atoms with E-state index in [9.17, 15) is 21.4 Å². The number of fused-ring (bicyclic) bond motifs is 4. The van der Waals surface area contributed by atoms with Crippen LogP contribution in [0.15, 0.2) is 51.7 Å². The smallest absolute Gasteiger partial charge is 0.314 e. The Kier molecular flexibility index (Phi) is 10.6. The van der Waals surface area contributed by atoms with E-state index < -0.39 is 26.0 Å². The van der Waals surface area contributed by atoms with Crippen LogP contribution in [0.25, 0.3) is 26.4 Å². The molecule has 4 aromatic rings. The Morgan fingerprint density at radius 2 is 1.73 bits per heavy atom. The summed E-state index contributed by atoms with van der Waals surface area (Å²) < 4.78 is 76.0. The van der Waals surface area contributed by atoms with Crippen LogP contribution in [0, 0.1) is 0 Å². The SMILES string of the molecule is CC[N+](CC)(CC)OS(=O)(=O)CCC[NH+]1C(=Cc2sc3cc(OC)c4ccsc4c3[n+]2CCCS([O])(=O)=O)Sc2ccccc21. The van der Waals surface area contributed by atoms with Gasteiger partial charge in [0.1, 0.15) is 34.8 Å². The minimum absolute atomic E-state index is 0.0740. The van der Waals surface area contributed by atoms with Crippen molar-refractivity contribution < 1.29 is 44.5 Å². The van der Waals surface area contributed by atoms with Crippen LogP contribution in [0.1, 0.15) is 38.6 Å². The molecular weight excluding hydrogens is 675 g/mol. The highest BCUT2D eigenvalue weighted by Gasteiger charge is 2.35. The monoisotopic (exact) mass is 713 g/mol. The molecule has 2 aromatic heterocycles. The average Bonchev–Trinajstić information content (AvgIpc) is 3.71. The van der Waals surface area contributed by atoms with E-state index in [1.807, 2.05) is 50.4 Å². The fourth-order valence-electron chi connectivity index (χ4n) is 5.71. The summed E-state index contributed by atoms with van der Waals surface area (Å²) in [7, 11) is -6.45. The Morgan fingerprint density at radius 3 is 2.42 bits per heavy atom. The maximum Gasteiger partial charge on any atom is 0.314 e. The number of hydroxylamine groups is 3. The maximum absolute atomic E-state index is 13.0. The molecule has 1 atom stereocenters. The molecule has 1 aliphatic rings. The van der Waals surface area contributed by atoms with Gasteiger partial charge in [-0.3, -0.25) is 4.90 Å². The Bertz CT molecular complexity index is 1920. The molecule has 1 unspecified atom stereocenters. The zero-order valence-corrected chi connectivity index (χ0v) is 29.9. The van der Waals surface area contributed by atoms with Crippen molar-refractivity contribution in [3.05, 3.63) is 51.8 Å². The molecule has 0 spiro atoms. The molecule has 1 aliphatic heterocycles. The van der Waals surface area contributed by atoms with Crippen molar-refractivity contribution >= 4 is 86.7 Å². The Hall–Kier alpha value is -2.08. The number of para-hydroxylation sites is 1. The third-order valence-corrected chi connectivity index (χ3v) is 13.5. The number of nitrogens with one attached hydrogen (secondary N) is 1. The summed E-state index contributed by atoms with van der Waals surface area (Å²) >= 11 is 4.82. The predicted molar refractivity (Wildman–Crippen MR) is 180 cm³/mol. The van der Waals surface area contributed by atoms with Crippen molar-refractivity contribution in [1.29, 1.82) is 0 Å². The van der Waals surface area contributed by atoms with Crippen molar-refractivity contribution in [2.45, 2.75) is 45.1 Å².